The maximum absolute atomic E-state index is 12.6. The molecule has 2 rings (SSSR count). The Kier molecular flexibility index (Phi) is 3.63. The number of sulfone groups is 1. The van der Waals surface area contributed by atoms with Crippen molar-refractivity contribution in [1.29, 1.82) is 0 Å². The van der Waals surface area contributed by atoms with Gasteiger partial charge in [-0.3, -0.25) is 5.10 Å². The zero-order valence-electron chi connectivity index (χ0n) is 9.74. The summed E-state index contributed by atoms with van der Waals surface area (Å²) in [5.74, 6) is -0.0580. The van der Waals surface area contributed by atoms with Gasteiger partial charge in [-0.2, -0.15) is 5.10 Å². The number of H-pyrrole nitrogens is 1. The Morgan fingerprint density at radius 2 is 1.84 bits per heavy atom. The molecular formula is C10H10Br2N4O2S. The molecule has 0 saturated carbocycles. The van der Waals surface area contributed by atoms with Crippen LogP contribution in [0.4, 0.5) is 11.5 Å². The van der Waals surface area contributed by atoms with E-state index in [9.17, 15) is 8.42 Å². The monoisotopic (exact) mass is 408 g/mol. The molecule has 6 nitrogen and oxygen atoms in total. The number of hydrogen-bond donors (Lipinski definition) is 3. The number of nitrogens with zero attached hydrogens (tertiary/aromatic N) is 1. The molecule has 2 aromatic rings. The van der Waals surface area contributed by atoms with Crippen LogP contribution in [0.2, 0.25) is 0 Å². The maximum atomic E-state index is 12.6. The fraction of sp³-hybridized carbons (Fsp3) is 0.100. The van der Waals surface area contributed by atoms with Gasteiger partial charge in [-0.15, -0.1) is 0 Å². The van der Waals surface area contributed by atoms with Crippen LogP contribution in [0.25, 0.3) is 0 Å². The number of nitrogens with two attached hydrogens (primary N) is 2. The van der Waals surface area contributed by atoms with Crippen LogP contribution in [0.3, 0.4) is 0 Å². The summed E-state index contributed by atoms with van der Waals surface area (Å²) in [5, 5.41) is 6.25. The van der Waals surface area contributed by atoms with Gasteiger partial charge in [0.25, 0.3) is 0 Å². The Bertz CT molecular complexity index is 736. The smallest absolute Gasteiger partial charge is 0.213 e. The SMILES string of the molecule is Cc1[nH]nc(N)c1S(=O)(=O)c1cc(Br)c(N)cc1Br. The average molecular weight is 410 g/mol. The molecule has 0 radical (unpaired) electrons. The van der Waals surface area contributed by atoms with Crippen LogP contribution in [0.15, 0.2) is 30.9 Å². The van der Waals surface area contributed by atoms with Crippen molar-refractivity contribution >= 4 is 53.2 Å². The van der Waals surface area contributed by atoms with Crippen molar-refractivity contribution in [2.75, 3.05) is 11.5 Å². The van der Waals surface area contributed by atoms with E-state index in [1.165, 1.54) is 12.1 Å². The standard InChI is InChI=1S/C10H10Br2N4O2S/c1-4-9(10(14)16-15-4)19(17,18)8-3-5(11)7(13)2-6(8)12/h2-3H,13H2,1H3,(H3,14,15,16). The van der Waals surface area contributed by atoms with Gasteiger partial charge in [0.2, 0.25) is 9.84 Å². The molecule has 5 N–H and O–H groups in total. The summed E-state index contributed by atoms with van der Waals surface area (Å²) >= 11 is 6.41. The molecule has 1 aromatic heterocycles. The van der Waals surface area contributed by atoms with Gasteiger partial charge in [-0.05, 0) is 50.9 Å². The molecule has 0 aliphatic rings. The van der Waals surface area contributed by atoms with Gasteiger partial charge in [0.05, 0.1) is 10.6 Å². The van der Waals surface area contributed by atoms with Gasteiger partial charge in [0.1, 0.15) is 4.90 Å². The van der Waals surface area contributed by atoms with E-state index in [0.717, 1.165) is 0 Å². The second kappa shape index (κ2) is 4.80. The molecule has 102 valence electrons. The van der Waals surface area contributed by atoms with Crippen molar-refractivity contribution in [3.8, 4) is 0 Å². The van der Waals surface area contributed by atoms with Crippen molar-refractivity contribution in [2.45, 2.75) is 16.7 Å². The predicted octanol–water partition coefficient (Wildman–Crippen LogP) is 2.24. The molecule has 0 bridgehead atoms. The summed E-state index contributed by atoms with van der Waals surface area (Å²) in [7, 11) is -3.78. The van der Waals surface area contributed by atoms with Crippen LogP contribution in [-0.4, -0.2) is 18.6 Å². The average Bonchev–Trinajstić information content (AvgIpc) is 2.64. The summed E-state index contributed by atoms with van der Waals surface area (Å²) in [4.78, 5) is 0.0506. The quantitative estimate of drug-likeness (QED) is 0.658. The zero-order valence-corrected chi connectivity index (χ0v) is 13.7. The molecule has 0 atom stereocenters. The summed E-state index contributed by atoms with van der Waals surface area (Å²) in [6.07, 6.45) is 0. The lowest BCUT2D eigenvalue weighted by atomic mass is 10.3. The molecule has 0 amide bonds. The number of nitrogens with one attached hydrogen (secondary N) is 1. The van der Waals surface area contributed by atoms with E-state index < -0.39 is 9.84 Å². The zero-order chi connectivity index (χ0) is 14.4. The summed E-state index contributed by atoms with van der Waals surface area (Å²) < 4.78 is 26.0. The number of nitrogen functional groups attached to an aromatic ring is 2. The van der Waals surface area contributed by atoms with E-state index in [2.05, 4.69) is 42.1 Å². The summed E-state index contributed by atoms with van der Waals surface area (Å²) in [5.41, 5.74) is 12.1. The van der Waals surface area contributed by atoms with E-state index in [-0.39, 0.29) is 15.6 Å². The van der Waals surface area contributed by atoms with Crippen molar-refractivity contribution in [2.24, 2.45) is 0 Å². The lowest BCUT2D eigenvalue weighted by Crippen LogP contribution is -2.07. The first kappa shape index (κ1) is 14.4. The minimum Gasteiger partial charge on any atom is -0.398 e. The van der Waals surface area contributed by atoms with Crippen molar-refractivity contribution in [3.05, 3.63) is 26.8 Å². The van der Waals surface area contributed by atoms with Gasteiger partial charge < -0.3 is 11.5 Å². The van der Waals surface area contributed by atoms with Crippen molar-refractivity contribution in [1.82, 2.24) is 10.2 Å². The van der Waals surface area contributed by atoms with Crippen LogP contribution < -0.4 is 11.5 Å². The van der Waals surface area contributed by atoms with Crippen LogP contribution >= 0.6 is 31.9 Å². The highest BCUT2D eigenvalue weighted by molar-refractivity contribution is 9.11. The molecule has 0 spiro atoms. The first-order valence-corrected chi connectivity index (χ1v) is 8.12. The lowest BCUT2D eigenvalue weighted by molar-refractivity contribution is 0.595. The Morgan fingerprint density at radius 3 is 2.37 bits per heavy atom. The van der Waals surface area contributed by atoms with Crippen LogP contribution in [0.5, 0.6) is 0 Å². The molecule has 1 heterocycles. The first-order chi connectivity index (χ1) is 8.75. The highest BCUT2D eigenvalue weighted by atomic mass is 79.9. The molecule has 1 aromatic carbocycles. The third-order valence-corrected chi connectivity index (χ3v) is 6.10. The molecule has 9 heteroatoms. The highest BCUT2D eigenvalue weighted by Gasteiger charge is 2.28. The summed E-state index contributed by atoms with van der Waals surface area (Å²) in [6.45, 7) is 1.59. The minimum absolute atomic E-state index is 0.0233. The van der Waals surface area contributed by atoms with Gasteiger partial charge in [0, 0.05) is 14.6 Å². The van der Waals surface area contributed by atoms with E-state index in [1.54, 1.807) is 6.92 Å². The number of halogens is 2. The van der Waals surface area contributed by atoms with Crippen LogP contribution in [-0.2, 0) is 9.84 Å². The molecule has 0 unspecified atom stereocenters. The normalized spacial score (nSPS) is 11.7. The van der Waals surface area contributed by atoms with Crippen LogP contribution in [0, 0.1) is 6.92 Å². The van der Waals surface area contributed by atoms with Crippen LogP contribution in [0.1, 0.15) is 5.69 Å². The third-order valence-electron chi connectivity index (χ3n) is 2.53. The van der Waals surface area contributed by atoms with E-state index in [4.69, 9.17) is 11.5 Å². The fourth-order valence-electron chi connectivity index (χ4n) is 1.64. The highest BCUT2D eigenvalue weighted by Crippen LogP contribution is 2.36. The fourth-order valence-corrected chi connectivity index (χ4v) is 4.71. The number of rotatable bonds is 2. The van der Waals surface area contributed by atoms with Gasteiger partial charge >= 0.3 is 0 Å². The van der Waals surface area contributed by atoms with Gasteiger partial charge in [-0.25, -0.2) is 8.42 Å². The molecule has 0 fully saturated rings. The van der Waals surface area contributed by atoms with E-state index in [0.29, 0.717) is 20.3 Å². The Hall–Kier alpha value is -1.06. The molecule has 0 saturated heterocycles. The summed E-state index contributed by atoms with van der Waals surface area (Å²) in [6, 6.07) is 2.95. The molecule has 19 heavy (non-hydrogen) atoms. The number of aromatic amines is 1. The lowest BCUT2D eigenvalue weighted by Gasteiger charge is -2.09. The maximum Gasteiger partial charge on any atom is 0.213 e. The Morgan fingerprint density at radius 1 is 1.21 bits per heavy atom. The van der Waals surface area contributed by atoms with E-state index in [1.807, 2.05) is 0 Å². The second-order valence-electron chi connectivity index (χ2n) is 3.87. The topological polar surface area (TPSA) is 115 Å². The Labute approximate surface area is 126 Å². The van der Waals surface area contributed by atoms with Gasteiger partial charge in [0.15, 0.2) is 5.82 Å². The number of benzene rings is 1. The second-order valence-corrected chi connectivity index (χ2v) is 7.43. The third kappa shape index (κ3) is 2.37. The predicted molar refractivity (Wildman–Crippen MR) is 79.4 cm³/mol. The minimum atomic E-state index is -3.78. The number of hydrogen-bond acceptors (Lipinski definition) is 5. The molecular weight excluding hydrogens is 400 g/mol. The Balaban J connectivity index is 2.74. The van der Waals surface area contributed by atoms with E-state index >= 15 is 0 Å². The number of aromatic nitrogens is 2. The number of anilines is 2. The van der Waals surface area contributed by atoms with Crippen molar-refractivity contribution < 1.29 is 8.42 Å². The molecule has 0 aliphatic heterocycles. The molecule has 0 aliphatic carbocycles. The van der Waals surface area contributed by atoms with Gasteiger partial charge in [-0.1, -0.05) is 0 Å². The first-order valence-electron chi connectivity index (χ1n) is 5.05. The largest absolute Gasteiger partial charge is 0.398 e. The number of aryl methyl sites for hydroxylation is 1. The van der Waals surface area contributed by atoms with Crippen molar-refractivity contribution in [3.63, 3.8) is 0 Å².